The minimum atomic E-state index is -4.60. The van der Waals surface area contributed by atoms with E-state index in [4.69, 9.17) is 5.73 Å². The summed E-state index contributed by atoms with van der Waals surface area (Å²) in [6.07, 6.45) is -2.03. The number of benzene rings is 1. The summed E-state index contributed by atoms with van der Waals surface area (Å²) in [5.41, 5.74) is 6.65. The van der Waals surface area contributed by atoms with Gasteiger partial charge < -0.3 is 5.73 Å². The first kappa shape index (κ1) is 17.8. The Balaban J connectivity index is 1.89. The standard InChI is InChI=1S/C18H12F3N5O2/c19-18(20,21)8-26-13-6-9(10-2-1-5-23-15(10)16(22)27)3-4-11(13)14-12(17(26)28)7-24-25-14/h1-7,14H,8H2,(H2,22,27). The molecule has 0 radical (unpaired) electrons. The molecule has 0 saturated carbocycles. The highest BCUT2D eigenvalue weighted by Crippen LogP contribution is 2.45. The second kappa shape index (κ2) is 6.25. The van der Waals surface area contributed by atoms with Crippen molar-refractivity contribution in [2.75, 3.05) is 11.4 Å². The van der Waals surface area contributed by atoms with Gasteiger partial charge in [-0.15, -0.1) is 0 Å². The summed E-state index contributed by atoms with van der Waals surface area (Å²) >= 11 is 0. The number of nitrogens with two attached hydrogens (primary N) is 1. The van der Waals surface area contributed by atoms with Crippen LogP contribution in [0.15, 0.2) is 58.5 Å². The van der Waals surface area contributed by atoms with Gasteiger partial charge in [0.15, 0.2) is 0 Å². The number of hydrogen-bond donors (Lipinski definition) is 1. The number of hydrogen-bond acceptors (Lipinski definition) is 5. The van der Waals surface area contributed by atoms with Crippen LogP contribution in [-0.4, -0.2) is 29.5 Å². The second-order valence-electron chi connectivity index (χ2n) is 6.26. The molecule has 2 aliphatic heterocycles. The molecule has 2 aliphatic rings. The number of nitrogens with zero attached hydrogens (tertiary/aromatic N) is 4. The molecular weight excluding hydrogens is 375 g/mol. The highest BCUT2D eigenvalue weighted by molar-refractivity contribution is 6.10. The van der Waals surface area contributed by atoms with E-state index in [1.807, 2.05) is 0 Å². The second-order valence-corrected chi connectivity index (χ2v) is 6.26. The Hall–Kier alpha value is -3.56. The highest BCUT2D eigenvalue weighted by atomic mass is 19.4. The fraction of sp³-hybridized carbons (Fsp3) is 0.167. The van der Waals surface area contributed by atoms with Gasteiger partial charge in [0, 0.05) is 17.3 Å². The lowest BCUT2D eigenvalue weighted by atomic mass is 9.90. The number of fused-ring (bicyclic) bond motifs is 3. The molecule has 0 saturated heterocycles. The van der Waals surface area contributed by atoms with Crippen molar-refractivity contribution in [3.8, 4) is 11.1 Å². The van der Waals surface area contributed by atoms with Crippen molar-refractivity contribution in [1.82, 2.24) is 4.98 Å². The fourth-order valence-electron chi connectivity index (χ4n) is 3.31. The van der Waals surface area contributed by atoms with Crippen LogP contribution < -0.4 is 10.6 Å². The number of anilines is 1. The SMILES string of the molecule is NC(=O)c1ncccc1-c1ccc2c(c1)N(CC(F)(F)F)C(=O)C1=CN=NC12. The third-order valence-electron chi connectivity index (χ3n) is 4.47. The lowest BCUT2D eigenvalue weighted by Gasteiger charge is -2.33. The number of aromatic nitrogens is 1. The molecule has 2 N–H and O–H groups in total. The van der Waals surface area contributed by atoms with Gasteiger partial charge in [-0.2, -0.15) is 23.4 Å². The van der Waals surface area contributed by atoms with Gasteiger partial charge in [0.2, 0.25) is 0 Å². The molecule has 2 aromatic rings. The van der Waals surface area contributed by atoms with Crippen LogP contribution in [-0.2, 0) is 4.79 Å². The summed E-state index contributed by atoms with van der Waals surface area (Å²) < 4.78 is 39.3. The maximum absolute atomic E-state index is 13.1. The number of primary amides is 1. The van der Waals surface area contributed by atoms with Crippen molar-refractivity contribution >= 4 is 17.5 Å². The normalized spacial score (nSPS) is 18.0. The molecule has 7 nitrogen and oxygen atoms in total. The third kappa shape index (κ3) is 2.92. The van der Waals surface area contributed by atoms with Crippen LogP contribution in [0.2, 0.25) is 0 Å². The van der Waals surface area contributed by atoms with E-state index >= 15 is 0 Å². The number of alkyl halides is 3. The number of azo groups is 1. The van der Waals surface area contributed by atoms with Crippen molar-refractivity contribution in [3.63, 3.8) is 0 Å². The summed E-state index contributed by atoms with van der Waals surface area (Å²) in [5, 5.41) is 7.63. The minimum absolute atomic E-state index is 0.0203. The maximum atomic E-state index is 13.1. The van der Waals surface area contributed by atoms with Crippen LogP contribution in [0.3, 0.4) is 0 Å². The topological polar surface area (TPSA) is 101 Å². The highest BCUT2D eigenvalue weighted by Gasteiger charge is 2.43. The summed E-state index contributed by atoms with van der Waals surface area (Å²) in [5.74, 6) is -1.58. The Morgan fingerprint density at radius 3 is 2.75 bits per heavy atom. The van der Waals surface area contributed by atoms with Gasteiger partial charge in [-0.3, -0.25) is 19.5 Å². The number of carbonyl (C=O) groups is 2. The van der Waals surface area contributed by atoms with Gasteiger partial charge >= 0.3 is 6.18 Å². The maximum Gasteiger partial charge on any atom is 0.406 e. The molecule has 1 atom stereocenters. The van der Waals surface area contributed by atoms with E-state index in [9.17, 15) is 22.8 Å². The van der Waals surface area contributed by atoms with Crippen LogP contribution in [0.1, 0.15) is 22.1 Å². The molecule has 2 amide bonds. The molecule has 0 spiro atoms. The molecule has 10 heteroatoms. The van der Waals surface area contributed by atoms with E-state index in [1.54, 1.807) is 24.3 Å². The summed E-state index contributed by atoms with van der Waals surface area (Å²) in [6, 6.07) is 7.01. The Morgan fingerprint density at radius 1 is 1.25 bits per heavy atom. The van der Waals surface area contributed by atoms with Gasteiger partial charge in [0.1, 0.15) is 18.3 Å². The van der Waals surface area contributed by atoms with Gasteiger partial charge in [0.05, 0.1) is 17.5 Å². The first-order valence-electron chi connectivity index (χ1n) is 8.14. The largest absolute Gasteiger partial charge is 0.406 e. The Kier molecular flexibility index (Phi) is 3.98. The van der Waals surface area contributed by atoms with E-state index in [0.29, 0.717) is 21.6 Å². The van der Waals surface area contributed by atoms with E-state index in [1.165, 1.54) is 18.5 Å². The quantitative estimate of drug-likeness (QED) is 0.875. The summed E-state index contributed by atoms with van der Waals surface area (Å²) in [7, 11) is 0. The first-order chi connectivity index (χ1) is 13.3. The van der Waals surface area contributed by atoms with Crippen LogP contribution in [0.4, 0.5) is 18.9 Å². The predicted molar refractivity (Wildman–Crippen MR) is 92.3 cm³/mol. The number of pyridine rings is 1. The number of rotatable bonds is 3. The molecular formula is C18H12F3N5O2. The van der Waals surface area contributed by atoms with Crippen molar-refractivity contribution in [1.29, 1.82) is 0 Å². The van der Waals surface area contributed by atoms with Crippen LogP contribution in [0.5, 0.6) is 0 Å². The zero-order chi connectivity index (χ0) is 20.1. The molecule has 0 bridgehead atoms. The summed E-state index contributed by atoms with van der Waals surface area (Å²) in [4.78, 5) is 28.9. The molecule has 3 heterocycles. The first-order valence-corrected chi connectivity index (χ1v) is 8.14. The van der Waals surface area contributed by atoms with Crippen molar-refractivity contribution in [3.05, 3.63) is 59.6 Å². The number of carbonyl (C=O) groups excluding carboxylic acids is 2. The Bertz CT molecular complexity index is 1060. The van der Waals surface area contributed by atoms with Crippen molar-refractivity contribution in [2.45, 2.75) is 12.2 Å². The average Bonchev–Trinajstić information content (AvgIpc) is 3.14. The molecule has 1 aromatic heterocycles. The van der Waals surface area contributed by atoms with E-state index in [-0.39, 0.29) is 17.0 Å². The molecule has 1 unspecified atom stereocenters. The molecule has 4 rings (SSSR count). The van der Waals surface area contributed by atoms with Gasteiger partial charge in [0.25, 0.3) is 11.8 Å². The van der Waals surface area contributed by atoms with Gasteiger partial charge in [-0.05, 0) is 17.7 Å². The zero-order valence-electron chi connectivity index (χ0n) is 14.1. The van der Waals surface area contributed by atoms with E-state index < -0.39 is 30.6 Å². The Morgan fingerprint density at radius 2 is 2.04 bits per heavy atom. The fourth-order valence-corrected chi connectivity index (χ4v) is 3.31. The van der Waals surface area contributed by atoms with Gasteiger partial charge in [-0.1, -0.05) is 18.2 Å². The number of amides is 2. The lowest BCUT2D eigenvalue weighted by Crippen LogP contribution is -2.43. The Labute approximate surface area is 156 Å². The molecule has 28 heavy (non-hydrogen) atoms. The van der Waals surface area contributed by atoms with E-state index in [2.05, 4.69) is 15.2 Å². The smallest absolute Gasteiger partial charge is 0.364 e. The van der Waals surface area contributed by atoms with Crippen LogP contribution >= 0.6 is 0 Å². The predicted octanol–water partition coefficient (Wildman–Crippen LogP) is 3.15. The molecule has 142 valence electrons. The average molecular weight is 387 g/mol. The van der Waals surface area contributed by atoms with Crippen LogP contribution in [0, 0.1) is 0 Å². The van der Waals surface area contributed by atoms with Gasteiger partial charge in [-0.25, -0.2) is 0 Å². The zero-order valence-corrected chi connectivity index (χ0v) is 14.1. The molecule has 0 aliphatic carbocycles. The minimum Gasteiger partial charge on any atom is -0.364 e. The summed E-state index contributed by atoms with van der Waals surface area (Å²) in [6.45, 7) is -1.46. The van der Waals surface area contributed by atoms with Crippen molar-refractivity contribution in [2.24, 2.45) is 16.0 Å². The van der Waals surface area contributed by atoms with Crippen LogP contribution in [0.25, 0.3) is 11.1 Å². The molecule has 0 fully saturated rings. The monoisotopic (exact) mass is 387 g/mol. The third-order valence-corrected chi connectivity index (χ3v) is 4.47. The molecule has 1 aromatic carbocycles. The van der Waals surface area contributed by atoms with E-state index in [0.717, 1.165) is 0 Å². The van der Waals surface area contributed by atoms with Crippen molar-refractivity contribution < 1.29 is 22.8 Å². The number of halogens is 3. The lowest BCUT2D eigenvalue weighted by molar-refractivity contribution is -0.130.